The van der Waals surface area contributed by atoms with Gasteiger partial charge in [-0.3, -0.25) is 4.21 Å². The minimum absolute atomic E-state index is 0.0525. The van der Waals surface area contributed by atoms with Crippen LogP contribution >= 0.6 is 0 Å². The molecular formula is C13H18N2O4S2. The van der Waals surface area contributed by atoms with E-state index in [-0.39, 0.29) is 11.6 Å². The molecule has 0 fully saturated rings. The lowest BCUT2D eigenvalue weighted by atomic mass is 10.1. The van der Waals surface area contributed by atoms with Crippen molar-refractivity contribution in [3.8, 4) is 5.75 Å². The number of hydrogen-bond acceptors (Lipinski definition) is 5. The van der Waals surface area contributed by atoms with Crippen LogP contribution < -0.4 is 10.5 Å². The van der Waals surface area contributed by atoms with Gasteiger partial charge in [0.2, 0.25) is 0 Å². The van der Waals surface area contributed by atoms with E-state index >= 15 is 0 Å². The standard InChI is InChI=1S/C13H18N2O4S2/c1-20(2,16)8-4-7-19-11-6-3-5-10-9-21(17,18)15-13(14)12(10)11/h3,5-6H,1,4,7-9H2,2H3,(H2,14,15). The van der Waals surface area contributed by atoms with Crippen molar-refractivity contribution < 1.29 is 17.4 Å². The maximum Gasteiger partial charge on any atom is 0.259 e. The van der Waals surface area contributed by atoms with Crippen LogP contribution in [-0.4, -0.2) is 42.9 Å². The van der Waals surface area contributed by atoms with E-state index in [1.54, 1.807) is 24.5 Å². The quantitative estimate of drug-likeness (QED) is 0.620. The van der Waals surface area contributed by atoms with Crippen LogP contribution in [0, 0.1) is 0 Å². The van der Waals surface area contributed by atoms with Gasteiger partial charge in [-0.15, -0.1) is 4.40 Å². The fourth-order valence-electron chi connectivity index (χ4n) is 2.08. The van der Waals surface area contributed by atoms with E-state index in [9.17, 15) is 12.6 Å². The first kappa shape index (κ1) is 15.8. The minimum Gasteiger partial charge on any atom is -0.493 e. The molecule has 0 saturated heterocycles. The maximum atomic E-state index is 11.6. The molecular weight excluding hydrogens is 312 g/mol. The zero-order valence-electron chi connectivity index (χ0n) is 11.7. The van der Waals surface area contributed by atoms with Gasteiger partial charge in [0, 0.05) is 12.0 Å². The Bertz CT molecular complexity index is 780. The Morgan fingerprint density at radius 3 is 2.86 bits per heavy atom. The predicted octanol–water partition coefficient (Wildman–Crippen LogP) is 0.350. The summed E-state index contributed by atoms with van der Waals surface area (Å²) in [6, 6.07) is 5.12. The first-order valence-corrected chi connectivity index (χ1v) is 10.2. The molecule has 0 aromatic heterocycles. The van der Waals surface area contributed by atoms with Crippen LogP contribution in [0.5, 0.6) is 5.75 Å². The summed E-state index contributed by atoms with van der Waals surface area (Å²) in [6.07, 6.45) is 2.20. The van der Waals surface area contributed by atoms with Crippen LogP contribution in [0.4, 0.5) is 0 Å². The Hall–Kier alpha value is -1.54. The van der Waals surface area contributed by atoms with Crippen molar-refractivity contribution in [1.29, 1.82) is 0 Å². The van der Waals surface area contributed by atoms with Gasteiger partial charge in [-0.1, -0.05) is 12.1 Å². The lowest BCUT2D eigenvalue weighted by molar-refractivity contribution is 0.317. The molecule has 0 radical (unpaired) electrons. The maximum absolute atomic E-state index is 11.6. The fraction of sp³-hybridized carbons (Fsp3) is 0.385. The van der Waals surface area contributed by atoms with Crippen molar-refractivity contribution in [3.63, 3.8) is 0 Å². The van der Waals surface area contributed by atoms with Gasteiger partial charge in [-0.25, -0.2) is 8.42 Å². The highest BCUT2D eigenvalue weighted by Gasteiger charge is 2.24. The van der Waals surface area contributed by atoms with Crippen LogP contribution in [0.1, 0.15) is 17.5 Å². The molecule has 1 aliphatic rings. The van der Waals surface area contributed by atoms with Gasteiger partial charge in [0.1, 0.15) is 11.6 Å². The third-order valence-electron chi connectivity index (χ3n) is 2.92. The number of hydrogen-bond donors (Lipinski definition) is 1. The molecule has 6 nitrogen and oxygen atoms in total. The Balaban J connectivity index is 2.17. The Labute approximate surface area is 125 Å². The molecule has 0 bridgehead atoms. The van der Waals surface area contributed by atoms with Crippen molar-refractivity contribution in [2.45, 2.75) is 12.2 Å². The van der Waals surface area contributed by atoms with Gasteiger partial charge >= 0.3 is 0 Å². The van der Waals surface area contributed by atoms with Gasteiger partial charge in [-0.05, 0) is 33.4 Å². The van der Waals surface area contributed by atoms with Crippen LogP contribution in [0.3, 0.4) is 0 Å². The summed E-state index contributed by atoms with van der Waals surface area (Å²) in [7, 11) is -5.58. The number of nitrogens with zero attached hydrogens (tertiary/aromatic N) is 1. The fourth-order valence-corrected chi connectivity index (χ4v) is 3.90. The lowest BCUT2D eigenvalue weighted by Crippen LogP contribution is -2.24. The molecule has 2 N–H and O–H groups in total. The third-order valence-corrected chi connectivity index (χ3v) is 5.22. The number of benzene rings is 1. The third kappa shape index (κ3) is 4.21. The van der Waals surface area contributed by atoms with E-state index in [1.807, 2.05) is 0 Å². The molecule has 0 spiro atoms. The van der Waals surface area contributed by atoms with E-state index < -0.39 is 19.5 Å². The monoisotopic (exact) mass is 330 g/mol. The number of ether oxygens (including phenoxy) is 1. The minimum atomic E-state index is -3.55. The summed E-state index contributed by atoms with van der Waals surface area (Å²) in [5.41, 5.74) is 6.84. The van der Waals surface area contributed by atoms with Crippen molar-refractivity contribution in [2.75, 3.05) is 18.6 Å². The largest absolute Gasteiger partial charge is 0.493 e. The summed E-state index contributed by atoms with van der Waals surface area (Å²) in [4.78, 5) is 0. The lowest BCUT2D eigenvalue weighted by Gasteiger charge is -2.18. The number of rotatable bonds is 5. The van der Waals surface area contributed by atoms with Gasteiger partial charge in [0.05, 0.1) is 17.9 Å². The molecule has 1 aliphatic heterocycles. The van der Waals surface area contributed by atoms with Gasteiger partial charge < -0.3 is 10.5 Å². The average Bonchev–Trinajstić information content (AvgIpc) is 2.31. The average molecular weight is 330 g/mol. The molecule has 1 aromatic carbocycles. The van der Waals surface area contributed by atoms with Crippen molar-refractivity contribution in [3.05, 3.63) is 29.3 Å². The highest BCUT2D eigenvalue weighted by molar-refractivity contribution is 7.99. The van der Waals surface area contributed by atoms with Gasteiger partial charge in [0.25, 0.3) is 10.0 Å². The summed E-state index contributed by atoms with van der Waals surface area (Å²) in [5.74, 6) is 4.32. The van der Waals surface area contributed by atoms with Crippen LogP contribution in [0.15, 0.2) is 22.6 Å². The van der Waals surface area contributed by atoms with Crippen molar-refractivity contribution in [2.24, 2.45) is 10.1 Å². The second kappa shape index (κ2) is 5.69. The van der Waals surface area contributed by atoms with Gasteiger partial charge in [0.15, 0.2) is 0 Å². The molecule has 1 unspecified atom stereocenters. The van der Waals surface area contributed by atoms with Crippen LogP contribution in [0.25, 0.3) is 0 Å². The molecule has 0 amide bonds. The predicted molar refractivity (Wildman–Crippen MR) is 86.0 cm³/mol. The Morgan fingerprint density at radius 1 is 1.48 bits per heavy atom. The summed E-state index contributed by atoms with van der Waals surface area (Å²) in [5, 5.41) is 0. The van der Waals surface area contributed by atoms with E-state index in [0.717, 1.165) is 0 Å². The van der Waals surface area contributed by atoms with Gasteiger partial charge in [-0.2, -0.15) is 0 Å². The Kier molecular flexibility index (Phi) is 4.29. The molecule has 0 aliphatic carbocycles. The number of nitrogens with two attached hydrogens (primary N) is 1. The smallest absolute Gasteiger partial charge is 0.259 e. The topological polar surface area (TPSA) is 98.8 Å². The van der Waals surface area contributed by atoms with E-state index in [1.165, 1.54) is 0 Å². The van der Waals surface area contributed by atoms with E-state index in [4.69, 9.17) is 10.5 Å². The summed E-state index contributed by atoms with van der Waals surface area (Å²) in [6.45, 7) is 0.358. The first-order chi connectivity index (χ1) is 9.68. The van der Waals surface area contributed by atoms with Crippen LogP contribution in [0.2, 0.25) is 0 Å². The second-order valence-corrected chi connectivity index (χ2v) is 9.49. The summed E-state index contributed by atoms with van der Waals surface area (Å²) < 4.78 is 43.7. The summed E-state index contributed by atoms with van der Waals surface area (Å²) >= 11 is 0. The zero-order valence-corrected chi connectivity index (χ0v) is 13.4. The highest BCUT2D eigenvalue weighted by atomic mass is 32.2. The van der Waals surface area contributed by atoms with Crippen LogP contribution in [-0.2, 0) is 25.3 Å². The Morgan fingerprint density at radius 2 is 2.19 bits per heavy atom. The normalized spacial score (nSPS) is 19.2. The van der Waals surface area contributed by atoms with E-state index in [0.29, 0.717) is 35.7 Å². The molecule has 1 atom stereocenters. The van der Waals surface area contributed by atoms with E-state index in [2.05, 4.69) is 10.3 Å². The molecule has 8 heteroatoms. The first-order valence-electron chi connectivity index (χ1n) is 6.31. The molecule has 0 saturated carbocycles. The van der Waals surface area contributed by atoms with Crippen molar-refractivity contribution in [1.82, 2.24) is 0 Å². The molecule has 1 heterocycles. The number of fused-ring (bicyclic) bond motifs is 1. The molecule has 116 valence electrons. The molecule has 21 heavy (non-hydrogen) atoms. The SMILES string of the molecule is C=S(C)(=O)CCCOc1cccc2c1C(N)=NS(=O)(=O)C2. The number of amidine groups is 1. The molecule has 2 rings (SSSR count). The number of sulfonamides is 1. The highest BCUT2D eigenvalue weighted by Crippen LogP contribution is 2.28. The second-order valence-electron chi connectivity index (χ2n) is 5.08. The molecule has 1 aromatic rings. The van der Waals surface area contributed by atoms with Crippen molar-refractivity contribution >= 4 is 31.3 Å². The zero-order chi connectivity index (χ0) is 15.7.